The quantitative estimate of drug-likeness (QED) is 0.258. The minimum atomic E-state index is -0.974. The Labute approximate surface area is 186 Å². The molecule has 0 spiro atoms. The summed E-state index contributed by atoms with van der Waals surface area (Å²) in [5.74, 6) is -1.81. The van der Waals surface area contributed by atoms with Crippen LogP contribution in [0.5, 0.6) is 0 Å². The first kappa shape index (κ1) is 21.9. The Bertz CT molecular complexity index is 1190. The van der Waals surface area contributed by atoms with Gasteiger partial charge in [-0.2, -0.15) is 0 Å². The van der Waals surface area contributed by atoms with Gasteiger partial charge >= 0.3 is 21.1 Å². The van der Waals surface area contributed by atoms with Crippen LogP contribution >= 0.6 is 0 Å². The maximum Gasteiger partial charge on any atom is 2.00 e. The van der Waals surface area contributed by atoms with Gasteiger partial charge in [0, 0.05) is 22.6 Å². The standard InChI is InChI=1S/C22H15F3N4.Pt/c1-22(2,18-7-4-8-20(27-18)29-12-11-14(23)13-29)17-6-3-5-16(26-17)15-9-10-19(24)28-21(15)25;/h3-8,10-11,13H,1-2H3;/q-2;+2. The maximum atomic E-state index is 14.1. The first-order chi connectivity index (χ1) is 13.8. The molecule has 0 unspecified atom stereocenters. The monoisotopic (exact) mass is 587 g/mol. The largest absolute Gasteiger partial charge is 2.00 e. The Morgan fingerprint density at radius 3 is 2.27 bits per heavy atom. The second-order valence-electron chi connectivity index (χ2n) is 6.96. The van der Waals surface area contributed by atoms with Crippen molar-refractivity contribution in [2.24, 2.45) is 0 Å². The van der Waals surface area contributed by atoms with Crippen molar-refractivity contribution in [3.8, 4) is 17.1 Å². The summed E-state index contributed by atoms with van der Waals surface area (Å²) >= 11 is 0. The summed E-state index contributed by atoms with van der Waals surface area (Å²) in [6, 6.07) is 15.3. The van der Waals surface area contributed by atoms with Gasteiger partial charge in [0.1, 0.15) is 11.9 Å². The Morgan fingerprint density at radius 1 is 0.900 bits per heavy atom. The molecule has 0 bridgehead atoms. The zero-order chi connectivity index (χ0) is 20.6. The molecule has 8 heteroatoms. The molecule has 0 aliphatic heterocycles. The molecule has 0 atom stereocenters. The molecule has 0 amide bonds. The van der Waals surface area contributed by atoms with Crippen LogP contribution in [0.4, 0.5) is 13.2 Å². The summed E-state index contributed by atoms with van der Waals surface area (Å²) in [6.07, 6.45) is 4.05. The first-order valence-corrected chi connectivity index (χ1v) is 8.80. The number of nitrogens with zero attached hydrogens (tertiary/aromatic N) is 4. The second-order valence-corrected chi connectivity index (χ2v) is 6.96. The van der Waals surface area contributed by atoms with Crippen molar-refractivity contribution in [2.75, 3.05) is 0 Å². The van der Waals surface area contributed by atoms with Crippen LogP contribution < -0.4 is 0 Å². The van der Waals surface area contributed by atoms with Gasteiger partial charge in [0.2, 0.25) is 0 Å². The molecule has 0 saturated heterocycles. The van der Waals surface area contributed by atoms with Gasteiger partial charge in [-0.05, 0) is 31.7 Å². The molecule has 0 radical (unpaired) electrons. The molecule has 4 rings (SSSR count). The third-order valence-corrected chi connectivity index (χ3v) is 4.61. The zero-order valence-electron chi connectivity index (χ0n) is 15.9. The van der Waals surface area contributed by atoms with Crippen LogP contribution in [0.15, 0.2) is 54.7 Å². The van der Waals surface area contributed by atoms with Crippen LogP contribution in [-0.4, -0.2) is 19.5 Å². The molecular weight excluding hydrogens is 572 g/mol. The molecule has 0 aliphatic rings. The minimum absolute atomic E-state index is 0. The SMILES string of the molecule is CC(C)(c1cccc(-c2[c-]cc(F)nc2F)n1)c1cccc(-n2[c-]cc(F)c2)n1.[Pt+2]. The van der Waals surface area contributed by atoms with Crippen molar-refractivity contribution < 1.29 is 34.2 Å². The van der Waals surface area contributed by atoms with E-state index in [9.17, 15) is 13.2 Å². The van der Waals surface area contributed by atoms with E-state index < -0.39 is 23.1 Å². The fourth-order valence-electron chi connectivity index (χ4n) is 2.97. The number of hydrogen-bond acceptors (Lipinski definition) is 3. The van der Waals surface area contributed by atoms with Gasteiger partial charge in [-0.3, -0.25) is 14.4 Å². The summed E-state index contributed by atoms with van der Waals surface area (Å²) in [4.78, 5) is 12.4. The van der Waals surface area contributed by atoms with E-state index in [0.717, 1.165) is 6.07 Å². The average molecular weight is 587 g/mol. The van der Waals surface area contributed by atoms with E-state index in [-0.39, 0.29) is 32.3 Å². The fourth-order valence-corrected chi connectivity index (χ4v) is 2.97. The Morgan fingerprint density at radius 2 is 1.60 bits per heavy atom. The van der Waals surface area contributed by atoms with Crippen LogP contribution in [0.25, 0.3) is 17.1 Å². The maximum absolute atomic E-state index is 14.1. The Hall–Kier alpha value is -2.79. The van der Waals surface area contributed by atoms with Gasteiger partial charge < -0.3 is 9.55 Å². The molecule has 0 N–H and O–H groups in total. The van der Waals surface area contributed by atoms with E-state index in [1.54, 1.807) is 24.3 Å². The topological polar surface area (TPSA) is 43.6 Å². The van der Waals surface area contributed by atoms with Crippen molar-refractivity contribution in [1.82, 2.24) is 19.5 Å². The normalized spacial score (nSPS) is 11.2. The molecule has 0 fully saturated rings. The van der Waals surface area contributed by atoms with Crippen molar-refractivity contribution in [3.05, 3.63) is 96.1 Å². The number of aromatic nitrogens is 4. The van der Waals surface area contributed by atoms with Crippen LogP contribution in [0.1, 0.15) is 25.2 Å². The van der Waals surface area contributed by atoms with Gasteiger partial charge in [-0.1, -0.05) is 48.3 Å². The average Bonchev–Trinajstić information content (AvgIpc) is 3.14. The van der Waals surface area contributed by atoms with Crippen molar-refractivity contribution in [2.45, 2.75) is 19.3 Å². The van der Waals surface area contributed by atoms with Crippen molar-refractivity contribution in [3.63, 3.8) is 0 Å². The molecular formula is C22H15F3N4Pt. The molecule has 154 valence electrons. The summed E-state index contributed by atoms with van der Waals surface area (Å²) in [6.45, 7) is 3.85. The van der Waals surface area contributed by atoms with Gasteiger partial charge in [0.05, 0.1) is 5.82 Å². The van der Waals surface area contributed by atoms with E-state index in [1.165, 1.54) is 16.8 Å². The van der Waals surface area contributed by atoms with Crippen LogP contribution in [-0.2, 0) is 26.5 Å². The number of pyridine rings is 3. The van der Waals surface area contributed by atoms with Crippen LogP contribution in [0.2, 0.25) is 0 Å². The molecule has 0 saturated carbocycles. The van der Waals surface area contributed by atoms with E-state index in [4.69, 9.17) is 0 Å². The molecule has 4 nitrogen and oxygen atoms in total. The summed E-state index contributed by atoms with van der Waals surface area (Å²) in [7, 11) is 0. The Kier molecular flexibility index (Phi) is 6.22. The van der Waals surface area contributed by atoms with Crippen molar-refractivity contribution in [1.29, 1.82) is 0 Å². The van der Waals surface area contributed by atoms with Gasteiger partial charge in [-0.15, -0.1) is 12.1 Å². The Balaban J connectivity index is 0.00000256. The molecule has 0 aliphatic carbocycles. The van der Waals surface area contributed by atoms with Crippen LogP contribution in [0, 0.1) is 30.0 Å². The smallest absolute Gasteiger partial charge is 0.433 e. The molecule has 4 aromatic rings. The summed E-state index contributed by atoms with van der Waals surface area (Å²) < 4.78 is 41.9. The van der Waals surface area contributed by atoms with Gasteiger partial charge in [0.25, 0.3) is 0 Å². The van der Waals surface area contributed by atoms with Gasteiger partial charge in [0.15, 0.2) is 0 Å². The minimum Gasteiger partial charge on any atom is -0.433 e. The molecule has 4 heterocycles. The van der Waals surface area contributed by atoms with E-state index in [2.05, 4.69) is 27.2 Å². The number of hydrogen-bond donors (Lipinski definition) is 0. The number of rotatable bonds is 4. The summed E-state index contributed by atoms with van der Waals surface area (Å²) in [5.41, 5.74) is 0.936. The second kappa shape index (κ2) is 8.52. The molecule has 0 aromatic carbocycles. The molecule has 4 aromatic heterocycles. The van der Waals surface area contributed by atoms with Crippen molar-refractivity contribution >= 4 is 0 Å². The third-order valence-electron chi connectivity index (χ3n) is 4.61. The van der Waals surface area contributed by atoms with E-state index in [0.29, 0.717) is 17.2 Å². The predicted molar refractivity (Wildman–Crippen MR) is 101 cm³/mol. The van der Waals surface area contributed by atoms with Gasteiger partial charge in [-0.25, -0.2) is 8.78 Å². The molecule has 30 heavy (non-hydrogen) atoms. The first-order valence-electron chi connectivity index (χ1n) is 8.80. The number of halogens is 3. The van der Waals surface area contributed by atoms with E-state index >= 15 is 0 Å². The predicted octanol–water partition coefficient (Wildman–Crippen LogP) is 4.67. The van der Waals surface area contributed by atoms with E-state index in [1.807, 2.05) is 26.0 Å². The zero-order valence-corrected chi connectivity index (χ0v) is 18.2. The van der Waals surface area contributed by atoms with Crippen LogP contribution in [0.3, 0.4) is 0 Å². The fraction of sp³-hybridized carbons (Fsp3) is 0.136. The summed E-state index contributed by atoms with van der Waals surface area (Å²) in [5, 5.41) is 0. The third kappa shape index (κ3) is 4.21.